The van der Waals surface area contributed by atoms with Gasteiger partial charge in [-0.2, -0.15) is 0 Å². The molecule has 1 aromatic rings. The van der Waals surface area contributed by atoms with Crippen molar-refractivity contribution in [1.82, 2.24) is 5.32 Å². The van der Waals surface area contributed by atoms with E-state index in [0.29, 0.717) is 18.6 Å². The zero-order valence-corrected chi connectivity index (χ0v) is 10.6. The van der Waals surface area contributed by atoms with Crippen LogP contribution in [0, 0.1) is 0 Å². The molecule has 0 saturated carbocycles. The maximum absolute atomic E-state index is 11.8. The molecule has 1 unspecified atom stereocenters. The molecule has 1 atom stereocenters. The summed E-state index contributed by atoms with van der Waals surface area (Å²) in [6.45, 7) is 1.61. The highest BCUT2D eigenvalue weighted by atomic mass is 16.5. The minimum absolute atomic E-state index is 0.600. The molecule has 0 aliphatic carbocycles. The second-order valence-corrected chi connectivity index (χ2v) is 4.69. The average Bonchev–Trinajstić information content (AvgIpc) is 2.65. The lowest BCUT2D eigenvalue weighted by atomic mass is 9.74. The fourth-order valence-corrected chi connectivity index (χ4v) is 2.71. The third-order valence-corrected chi connectivity index (χ3v) is 3.72. The Bertz CT molecular complexity index is 423. The second kappa shape index (κ2) is 5.40. The van der Waals surface area contributed by atoms with Crippen LogP contribution in [-0.2, 0) is 10.2 Å². The molecule has 1 aromatic carbocycles. The first-order chi connectivity index (χ1) is 8.70. The number of carboxylic acid groups (broad SMARTS) is 1. The lowest BCUT2D eigenvalue weighted by Crippen LogP contribution is -2.37. The number of hydrogen-bond acceptors (Lipinski definition) is 3. The average molecular weight is 249 g/mol. The molecule has 4 heteroatoms. The van der Waals surface area contributed by atoms with Crippen molar-refractivity contribution in [3.63, 3.8) is 0 Å². The van der Waals surface area contributed by atoms with Gasteiger partial charge in [0.2, 0.25) is 0 Å². The smallest absolute Gasteiger partial charge is 0.314 e. The minimum Gasteiger partial charge on any atom is -0.496 e. The Balaban J connectivity index is 2.48. The van der Waals surface area contributed by atoms with Crippen molar-refractivity contribution in [1.29, 1.82) is 0 Å². The molecule has 4 nitrogen and oxygen atoms in total. The summed E-state index contributed by atoms with van der Waals surface area (Å²) >= 11 is 0. The van der Waals surface area contributed by atoms with Crippen molar-refractivity contribution in [2.45, 2.75) is 24.7 Å². The number of nitrogens with one attached hydrogen (secondary N) is 1. The Hall–Kier alpha value is -1.55. The molecule has 98 valence electrons. The first-order valence-corrected chi connectivity index (χ1v) is 6.28. The van der Waals surface area contributed by atoms with E-state index < -0.39 is 11.4 Å². The van der Waals surface area contributed by atoms with Crippen LogP contribution in [-0.4, -0.2) is 31.3 Å². The number of para-hydroxylation sites is 1. The third kappa shape index (κ3) is 2.20. The van der Waals surface area contributed by atoms with Crippen molar-refractivity contribution >= 4 is 5.97 Å². The molecule has 1 heterocycles. The normalized spacial score (nSPS) is 24.3. The molecule has 18 heavy (non-hydrogen) atoms. The molecule has 2 rings (SSSR count). The number of hydrogen-bond donors (Lipinski definition) is 2. The highest BCUT2D eigenvalue weighted by Gasteiger charge is 2.42. The Labute approximate surface area is 107 Å². The van der Waals surface area contributed by atoms with Gasteiger partial charge in [0, 0.05) is 5.56 Å². The molecular weight excluding hydrogens is 230 g/mol. The molecule has 0 amide bonds. The SMILES string of the molecule is COc1ccccc1C1(C(=O)O)CCCNCC1. The zero-order chi connectivity index (χ0) is 13.0. The number of rotatable bonds is 3. The van der Waals surface area contributed by atoms with Gasteiger partial charge in [-0.05, 0) is 38.4 Å². The number of aliphatic carboxylic acids is 1. The number of ether oxygens (including phenoxy) is 1. The fraction of sp³-hybridized carbons (Fsp3) is 0.500. The van der Waals surface area contributed by atoms with Crippen LogP contribution in [0.15, 0.2) is 24.3 Å². The molecule has 0 aromatic heterocycles. The van der Waals surface area contributed by atoms with E-state index in [4.69, 9.17) is 4.74 Å². The van der Waals surface area contributed by atoms with Crippen LogP contribution in [0.25, 0.3) is 0 Å². The first kappa shape index (κ1) is 12.9. The van der Waals surface area contributed by atoms with Crippen molar-refractivity contribution in [2.75, 3.05) is 20.2 Å². The van der Waals surface area contributed by atoms with E-state index in [1.165, 1.54) is 0 Å². The van der Waals surface area contributed by atoms with Crippen LogP contribution in [0.2, 0.25) is 0 Å². The summed E-state index contributed by atoms with van der Waals surface area (Å²) in [5, 5.41) is 13.0. The molecule has 0 radical (unpaired) electrons. The van der Waals surface area contributed by atoms with Crippen LogP contribution in [0.3, 0.4) is 0 Å². The molecule has 2 N–H and O–H groups in total. The van der Waals surface area contributed by atoms with E-state index in [9.17, 15) is 9.90 Å². The molecular formula is C14H19NO3. The summed E-state index contributed by atoms with van der Waals surface area (Å²) in [6, 6.07) is 7.45. The number of benzene rings is 1. The third-order valence-electron chi connectivity index (χ3n) is 3.72. The van der Waals surface area contributed by atoms with Gasteiger partial charge in [0.1, 0.15) is 5.75 Å². The van der Waals surface area contributed by atoms with Crippen LogP contribution in [0.1, 0.15) is 24.8 Å². The van der Waals surface area contributed by atoms with E-state index in [2.05, 4.69) is 5.32 Å². The number of carbonyl (C=O) groups is 1. The van der Waals surface area contributed by atoms with Crippen LogP contribution in [0.4, 0.5) is 0 Å². The van der Waals surface area contributed by atoms with Crippen LogP contribution in [0.5, 0.6) is 5.75 Å². The summed E-state index contributed by atoms with van der Waals surface area (Å²) in [4.78, 5) is 11.8. The first-order valence-electron chi connectivity index (χ1n) is 6.28. The van der Waals surface area contributed by atoms with E-state index in [1.807, 2.05) is 24.3 Å². The summed E-state index contributed by atoms with van der Waals surface area (Å²) in [5.41, 5.74) is -0.0282. The van der Waals surface area contributed by atoms with Crippen molar-refractivity contribution < 1.29 is 14.6 Å². The van der Waals surface area contributed by atoms with Crippen LogP contribution < -0.4 is 10.1 Å². The number of carboxylic acids is 1. The molecule has 1 aliphatic rings. The summed E-state index contributed by atoms with van der Waals surface area (Å²) < 4.78 is 5.33. The molecule has 0 bridgehead atoms. The van der Waals surface area contributed by atoms with Gasteiger partial charge in [-0.25, -0.2) is 0 Å². The lowest BCUT2D eigenvalue weighted by molar-refractivity contribution is -0.144. The maximum Gasteiger partial charge on any atom is 0.314 e. The van der Waals surface area contributed by atoms with Crippen molar-refractivity contribution in [3.05, 3.63) is 29.8 Å². The van der Waals surface area contributed by atoms with Gasteiger partial charge in [-0.1, -0.05) is 18.2 Å². The van der Waals surface area contributed by atoms with E-state index in [1.54, 1.807) is 7.11 Å². The van der Waals surface area contributed by atoms with Gasteiger partial charge in [0.25, 0.3) is 0 Å². The highest BCUT2D eigenvalue weighted by Crippen LogP contribution is 2.39. The van der Waals surface area contributed by atoms with Gasteiger partial charge in [0.05, 0.1) is 12.5 Å². The summed E-state index contributed by atoms with van der Waals surface area (Å²) in [5.74, 6) is -0.0856. The van der Waals surface area contributed by atoms with Crippen LogP contribution >= 0.6 is 0 Å². The van der Waals surface area contributed by atoms with Gasteiger partial charge in [-0.3, -0.25) is 4.79 Å². The fourth-order valence-electron chi connectivity index (χ4n) is 2.71. The predicted molar refractivity (Wildman–Crippen MR) is 69.0 cm³/mol. The standard InChI is InChI=1S/C14H19NO3/c1-18-12-6-3-2-5-11(12)14(13(16)17)7-4-9-15-10-8-14/h2-3,5-6,15H,4,7-10H2,1H3,(H,16,17). The quantitative estimate of drug-likeness (QED) is 0.857. The van der Waals surface area contributed by atoms with E-state index in [-0.39, 0.29) is 0 Å². The van der Waals surface area contributed by atoms with Gasteiger partial charge in [-0.15, -0.1) is 0 Å². The second-order valence-electron chi connectivity index (χ2n) is 4.69. The van der Waals surface area contributed by atoms with Crippen molar-refractivity contribution in [3.8, 4) is 5.75 Å². The topological polar surface area (TPSA) is 58.6 Å². The Morgan fingerprint density at radius 3 is 2.83 bits per heavy atom. The highest BCUT2D eigenvalue weighted by molar-refractivity contribution is 5.82. The van der Waals surface area contributed by atoms with Gasteiger partial charge >= 0.3 is 5.97 Å². The minimum atomic E-state index is -0.823. The maximum atomic E-state index is 11.8. The van der Waals surface area contributed by atoms with Gasteiger partial charge < -0.3 is 15.2 Å². The molecule has 1 saturated heterocycles. The monoisotopic (exact) mass is 249 g/mol. The lowest BCUT2D eigenvalue weighted by Gasteiger charge is -2.29. The Morgan fingerprint density at radius 1 is 1.33 bits per heavy atom. The Kier molecular flexibility index (Phi) is 3.87. The number of methoxy groups -OCH3 is 1. The Morgan fingerprint density at radius 2 is 2.11 bits per heavy atom. The van der Waals surface area contributed by atoms with Gasteiger partial charge in [0.15, 0.2) is 0 Å². The molecule has 1 aliphatic heterocycles. The van der Waals surface area contributed by atoms with E-state index >= 15 is 0 Å². The van der Waals surface area contributed by atoms with E-state index in [0.717, 1.165) is 25.1 Å². The largest absolute Gasteiger partial charge is 0.496 e. The summed E-state index contributed by atoms with van der Waals surface area (Å²) in [6.07, 6.45) is 2.11. The molecule has 0 spiro atoms. The van der Waals surface area contributed by atoms with Crippen molar-refractivity contribution in [2.24, 2.45) is 0 Å². The summed E-state index contributed by atoms with van der Waals surface area (Å²) in [7, 11) is 1.59. The predicted octanol–water partition coefficient (Wildman–Crippen LogP) is 1.79. The zero-order valence-electron chi connectivity index (χ0n) is 10.6. The molecule has 1 fully saturated rings.